The van der Waals surface area contributed by atoms with Crippen LogP contribution in [-0.4, -0.2) is 22.4 Å². The van der Waals surface area contributed by atoms with Gasteiger partial charge in [-0.15, -0.1) is 0 Å². The maximum Gasteiger partial charge on any atom is 0.0562 e. The van der Waals surface area contributed by atoms with Crippen LogP contribution in [0.5, 0.6) is 0 Å². The van der Waals surface area contributed by atoms with Gasteiger partial charge >= 0.3 is 0 Å². The largest absolute Gasteiger partial charge is 0.311 e. The first-order valence-corrected chi connectivity index (χ1v) is 6.88. The second-order valence-electron chi connectivity index (χ2n) is 5.76. The van der Waals surface area contributed by atoms with Crippen molar-refractivity contribution >= 4 is 6.08 Å². The number of rotatable bonds is 6. The van der Waals surface area contributed by atoms with Gasteiger partial charge in [-0.05, 0) is 19.8 Å². The molecule has 0 atom stereocenters. The molecule has 0 bridgehead atoms. The fourth-order valence-corrected chi connectivity index (χ4v) is 1.67. The van der Waals surface area contributed by atoms with E-state index in [4.69, 9.17) is 0 Å². The Balaban J connectivity index is 2.79. The molecule has 0 spiro atoms. The quantitative estimate of drug-likeness (QED) is 0.836. The van der Waals surface area contributed by atoms with Gasteiger partial charge in [-0.25, -0.2) is 0 Å². The lowest BCUT2D eigenvalue weighted by Crippen LogP contribution is -2.26. The van der Waals surface area contributed by atoms with Crippen molar-refractivity contribution in [3.05, 3.63) is 23.5 Å². The van der Waals surface area contributed by atoms with Gasteiger partial charge in [0, 0.05) is 30.4 Å². The Morgan fingerprint density at radius 2 is 1.94 bits per heavy atom. The number of hydrogen-bond donors (Lipinski definition) is 1. The number of aromatic nitrogens is 2. The van der Waals surface area contributed by atoms with Crippen LogP contribution in [0.15, 0.2) is 18.0 Å². The van der Waals surface area contributed by atoms with Gasteiger partial charge in [0.1, 0.15) is 0 Å². The summed E-state index contributed by atoms with van der Waals surface area (Å²) in [4.78, 5) is 0. The lowest BCUT2D eigenvalue weighted by molar-refractivity contribution is 0.532. The van der Waals surface area contributed by atoms with E-state index in [2.05, 4.69) is 64.2 Å². The smallest absolute Gasteiger partial charge is 0.0562 e. The van der Waals surface area contributed by atoms with Crippen molar-refractivity contribution < 1.29 is 0 Å². The Bertz CT molecular complexity index is 386. The summed E-state index contributed by atoms with van der Waals surface area (Å²) in [5.74, 6) is 0.554. The normalized spacial score (nSPS) is 13.1. The first kappa shape index (κ1) is 15.0. The highest BCUT2D eigenvalue weighted by molar-refractivity contribution is 5.52. The van der Waals surface area contributed by atoms with Crippen LogP contribution in [0.3, 0.4) is 0 Å². The number of hydrogen-bond acceptors (Lipinski definition) is 2. The highest BCUT2D eigenvalue weighted by Crippen LogP contribution is 2.15. The molecular formula is C15H27N3. The predicted molar refractivity (Wildman–Crippen MR) is 78.6 cm³/mol. The van der Waals surface area contributed by atoms with E-state index >= 15 is 0 Å². The first-order valence-electron chi connectivity index (χ1n) is 6.88. The molecule has 3 nitrogen and oxygen atoms in total. The summed E-state index contributed by atoms with van der Waals surface area (Å²) in [7, 11) is 0. The van der Waals surface area contributed by atoms with E-state index in [1.54, 1.807) is 0 Å². The van der Waals surface area contributed by atoms with E-state index in [9.17, 15) is 0 Å². The van der Waals surface area contributed by atoms with Crippen molar-refractivity contribution in [1.82, 2.24) is 15.1 Å². The van der Waals surface area contributed by atoms with Crippen LogP contribution in [0.1, 0.15) is 53.1 Å². The Hall–Kier alpha value is -1.09. The fraction of sp³-hybridized carbons (Fsp3) is 0.667. The monoisotopic (exact) mass is 249 g/mol. The van der Waals surface area contributed by atoms with E-state index in [1.807, 2.05) is 10.9 Å². The highest BCUT2D eigenvalue weighted by Gasteiger charge is 2.06. The second kappa shape index (κ2) is 6.74. The van der Waals surface area contributed by atoms with Gasteiger partial charge in [0.2, 0.25) is 0 Å². The van der Waals surface area contributed by atoms with Crippen LogP contribution in [0.4, 0.5) is 0 Å². The van der Waals surface area contributed by atoms with Crippen LogP contribution in [0.25, 0.3) is 6.08 Å². The predicted octanol–water partition coefficient (Wildman–Crippen LogP) is 3.50. The topological polar surface area (TPSA) is 29.9 Å². The molecule has 1 aromatic rings. The van der Waals surface area contributed by atoms with Crippen molar-refractivity contribution in [3.8, 4) is 0 Å². The molecule has 0 aliphatic rings. The summed E-state index contributed by atoms with van der Waals surface area (Å²) in [5, 5.41) is 7.86. The van der Waals surface area contributed by atoms with Gasteiger partial charge in [-0.3, -0.25) is 4.68 Å². The molecule has 18 heavy (non-hydrogen) atoms. The molecule has 0 saturated heterocycles. The average molecular weight is 249 g/mol. The second-order valence-corrected chi connectivity index (χ2v) is 5.76. The van der Waals surface area contributed by atoms with Crippen molar-refractivity contribution in [1.29, 1.82) is 0 Å². The maximum atomic E-state index is 4.37. The average Bonchev–Trinajstić information content (AvgIpc) is 2.71. The molecule has 3 heteroatoms. The molecule has 0 saturated carbocycles. The van der Waals surface area contributed by atoms with E-state index in [0.29, 0.717) is 18.0 Å². The first-order chi connectivity index (χ1) is 8.40. The summed E-state index contributed by atoms with van der Waals surface area (Å²) in [5.41, 5.74) is 2.62. The molecule has 0 fully saturated rings. The van der Waals surface area contributed by atoms with Crippen LogP contribution < -0.4 is 5.32 Å². The van der Waals surface area contributed by atoms with E-state index < -0.39 is 0 Å². The van der Waals surface area contributed by atoms with E-state index in [-0.39, 0.29) is 0 Å². The molecule has 1 N–H and O–H groups in total. The van der Waals surface area contributed by atoms with Gasteiger partial charge in [0.05, 0.1) is 6.20 Å². The lowest BCUT2D eigenvalue weighted by atomic mass is 10.0. The summed E-state index contributed by atoms with van der Waals surface area (Å²) >= 11 is 0. The van der Waals surface area contributed by atoms with Gasteiger partial charge in [-0.1, -0.05) is 39.3 Å². The summed E-state index contributed by atoms with van der Waals surface area (Å²) < 4.78 is 2.00. The van der Waals surface area contributed by atoms with Crippen molar-refractivity contribution in [2.45, 2.75) is 53.6 Å². The van der Waals surface area contributed by atoms with Gasteiger partial charge in [0.15, 0.2) is 0 Å². The molecular weight excluding hydrogens is 222 g/mol. The van der Waals surface area contributed by atoms with Crippen molar-refractivity contribution in [2.24, 2.45) is 5.92 Å². The van der Waals surface area contributed by atoms with E-state index in [0.717, 1.165) is 6.54 Å². The van der Waals surface area contributed by atoms with Crippen LogP contribution in [0, 0.1) is 5.92 Å². The van der Waals surface area contributed by atoms with Crippen LogP contribution in [-0.2, 0) is 0 Å². The minimum Gasteiger partial charge on any atom is -0.311 e. The molecule has 0 radical (unpaired) electrons. The highest BCUT2D eigenvalue weighted by atomic mass is 15.3. The van der Waals surface area contributed by atoms with Crippen LogP contribution in [0.2, 0.25) is 0 Å². The summed E-state index contributed by atoms with van der Waals surface area (Å²) in [6.45, 7) is 14.1. The minimum atomic E-state index is 0.420. The fourth-order valence-electron chi connectivity index (χ4n) is 1.67. The van der Waals surface area contributed by atoms with Gasteiger partial charge < -0.3 is 5.32 Å². The molecule has 0 aromatic carbocycles. The lowest BCUT2D eigenvalue weighted by Gasteiger charge is -2.14. The van der Waals surface area contributed by atoms with Crippen LogP contribution >= 0.6 is 0 Å². The Morgan fingerprint density at radius 1 is 1.28 bits per heavy atom. The SMILES string of the molecule is CC(C)NCC(=Cc1cnn(C(C)C)c1)C(C)C. The standard InChI is InChI=1S/C15H27N3/c1-11(2)15(9-16-12(3)4)7-14-8-17-18(10-14)13(5)6/h7-8,10-13,16H,9H2,1-6H3. The Kier molecular flexibility index (Phi) is 5.60. The van der Waals surface area contributed by atoms with Crippen molar-refractivity contribution in [3.63, 3.8) is 0 Å². The Morgan fingerprint density at radius 3 is 2.39 bits per heavy atom. The molecule has 0 unspecified atom stereocenters. The Labute approximate surface area is 111 Å². The molecule has 102 valence electrons. The van der Waals surface area contributed by atoms with Gasteiger partial charge in [0.25, 0.3) is 0 Å². The zero-order valence-electron chi connectivity index (χ0n) is 12.6. The number of nitrogens with zero attached hydrogens (tertiary/aromatic N) is 2. The minimum absolute atomic E-state index is 0.420. The third-order valence-corrected chi connectivity index (χ3v) is 2.96. The zero-order chi connectivity index (χ0) is 13.7. The summed E-state index contributed by atoms with van der Waals surface area (Å²) in [6, 6.07) is 0.939. The molecule has 1 rings (SSSR count). The maximum absolute atomic E-state index is 4.37. The molecule has 0 aliphatic carbocycles. The zero-order valence-corrected chi connectivity index (χ0v) is 12.6. The molecule has 0 aliphatic heterocycles. The molecule has 1 aromatic heterocycles. The summed E-state index contributed by atoms with van der Waals surface area (Å²) in [6.07, 6.45) is 6.31. The molecule has 1 heterocycles. The number of nitrogens with one attached hydrogen (secondary N) is 1. The third-order valence-electron chi connectivity index (χ3n) is 2.96. The third kappa shape index (κ3) is 4.65. The van der Waals surface area contributed by atoms with Gasteiger partial charge in [-0.2, -0.15) is 5.10 Å². The van der Waals surface area contributed by atoms with Crippen molar-refractivity contribution in [2.75, 3.05) is 6.54 Å². The molecule has 0 amide bonds. The van der Waals surface area contributed by atoms with E-state index in [1.165, 1.54) is 11.1 Å².